The van der Waals surface area contributed by atoms with Crippen LogP contribution in [0.3, 0.4) is 0 Å². The molecule has 0 bridgehead atoms. The van der Waals surface area contributed by atoms with E-state index in [1.807, 2.05) is 0 Å². The molecule has 0 saturated carbocycles. The fraction of sp³-hybridized carbons (Fsp3) is 0.0909. The molecular formula is C11H9ClN2O2. The monoisotopic (exact) mass is 236 g/mol. The maximum Gasteiger partial charge on any atom is 0.291 e. The number of hydrogen-bond acceptors (Lipinski definition) is 3. The highest BCUT2D eigenvalue weighted by molar-refractivity contribution is 6.16. The fourth-order valence-corrected chi connectivity index (χ4v) is 1.34. The van der Waals surface area contributed by atoms with Gasteiger partial charge < -0.3 is 9.73 Å². The first-order valence-electron chi connectivity index (χ1n) is 4.65. The standard InChI is InChI=1S/C11H9ClN2O2/c12-6-9-3-4-10(16-9)11(15)14-8-2-1-5-13-7-8/h1-5,7H,6H2,(H,14,15). The second kappa shape index (κ2) is 4.81. The third kappa shape index (κ3) is 2.41. The van der Waals surface area contributed by atoms with Gasteiger partial charge in [-0.15, -0.1) is 11.6 Å². The number of pyridine rings is 1. The second-order valence-electron chi connectivity index (χ2n) is 3.10. The summed E-state index contributed by atoms with van der Waals surface area (Å²) in [5.41, 5.74) is 0.622. The molecule has 2 aromatic heterocycles. The molecule has 2 heterocycles. The van der Waals surface area contributed by atoms with Gasteiger partial charge >= 0.3 is 0 Å². The van der Waals surface area contributed by atoms with Crippen LogP contribution in [0.25, 0.3) is 0 Å². The Balaban J connectivity index is 2.09. The Kier molecular flexibility index (Phi) is 3.22. The molecule has 4 nitrogen and oxygen atoms in total. The van der Waals surface area contributed by atoms with E-state index in [9.17, 15) is 4.79 Å². The molecule has 0 atom stereocenters. The average Bonchev–Trinajstić information content (AvgIpc) is 2.79. The van der Waals surface area contributed by atoms with Gasteiger partial charge in [-0.2, -0.15) is 0 Å². The molecule has 1 N–H and O–H groups in total. The van der Waals surface area contributed by atoms with Crippen LogP contribution in [-0.2, 0) is 5.88 Å². The second-order valence-corrected chi connectivity index (χ2v) is 3.36. The first-order valence-corrected chi connectivity index (χ1v) is 5.19. The lowest BCUT2D eigenvalue weighted by Gasteiger charge is -2.01. The molecule has 16 heavy (non-hydrogen) atoms. The van der Waals surface area contributed by atoms with Crippen molar-refractivity contribution in [2.75, 3.05) is 5.32 Å². The number of anilines is 1. The van der Waals surface area contributed by atoms with Gasteiger partial charge in [0.2, 0.25) is 0 Å². The number of nitrogens with one attached hydrogen (secondary N) is 1. The zero-order valence-electron chi connectivity index (χ0n) is 8.31. The van der Waals surface area contributed by atoms with Gasteiger partial charge in [0.1, 0.15) is 5.76 Å². The number of amides is 1. The molecule has 5 heteroatoms. The summed E-state index contributed by atoms with van der Waals surface area (Å²) in [6, 6.07) is 6.74. The summed E-state index contributed by atoms with van der Waals surface area (Å²) in [7, 11) is 0. The third-order valence-corrected chi connectivity index (χ3v) is 2.20. The van der Waals surface area contributed by atoms with Crippen molar-refractivity contribution >= 4 is 23.2 Å². The van der Waals surface area contributed by atoms with Crippen LogP contribution in [-0.4, -0.2) is 10.9 Å². The average molecular weight is 237 g/mol. The van der Waals surface area contributed by atoms with E-state index < -0.39 is 0 Å². The van der Waals surface area contributed by atoms with Gasteiger partial charge in [-0.05, 0) is 24.3 Å². The summed E-state index contributed by atoms with van der Waals surface area (Å²) >= 11 is 5.57. The number of nitrogens with zero attached hydrogens (tertiary/aromatic N) is 1. The van der Waals surface area contributed by atoms with E-state index in [-0.39, 0.29) is 17.5 Å². The third-order valence-electron chi connectivity index (χ3n) is 1.94. The summed E-state index contributed by atoms with van der Waals surface area (Å²) in [5.74, 6) is 0.738. The Morgan fingerprint density at radius 2 is 2.31 bits per heavy atom. The van der Waals surface area contributed by atoms with Gasteiger partial charge in [0.15, 0.2) is 5.76 Å². The zero-order valence-corrected chi connectivity index (χ0v) is 9.07. The van der Waals surface area contributed by atoms with E-state index >= 15 is 0 Å². The number of aromatic nitrogens is 1. The van der Waals surface area contributed by atoms with Crippen molar-refractivity contribution in [1.82, 2.24) is 4.98 Å². The molecule has 1 amide bonds. The van der Waals surface area contributed by atoms with E-state index in [1.165, 1.54) is 0 Å². The molecule has 0 unspecified atom stereocenters. The van der Waals surface area contributed by atoms with Crippen molar-refractivity contribution in [3.63, 3.8) is 0 Å². The Morgan fingerprint density at radius 3 is 2.94 bits per heavy atom. The van der Waals surface area contributed by atoms with Crippen molar-refractivity contribution in [3.8, 4) is 0 Å². The molecule has 0 aliphatic rings. The maximum absolute atomic E-state index is 11.7. The number of alkyl halides is 1. The highest BCUT2D eigenvalue weighted by atomic mass is 35.5. The lowest BCUT2D eigenvalue weighted by molar-refractivity contribution is 0.0995. The van der Waals surface area contributed by atoms with E-state index in [4.69, 9.17) is 16.0 Å². The van der Waals surface area contributed by atoms with Crippen LogP contribution in [0.15, 0.2) is 41.1 Å². The highest BCUT2D eigenvalue weighted by Crippen LogP contribution is 2.12. The number of hydrogen-bond donors (Lipinski definition) is 1. The number of furan rings is 1. The highest BCUT2D eigenvalue weighted by Gasteiger charge is 2.10. The molecule has 2 aromatic rings. The molecule has 0 spiro atoms. The van der Waals surface area contributed by atoms with Crippen molar-refractivity contribution in [1.29, 1.82) is 0 Å². The molecular weight excluding hydrogens is 228 g/mol. The number of halogens is 1. The fourth-order valence-electron chi connectivity index (χ4n) is 1.20. The summed E-state index contributed by atoms with van der Waals surface area (Å²) in [6.45, 7) is 0. The smallest absolute Gasteiger partial charge is 0.291 e. The molecule has 82 valence electrons. The summed E-state index contributed by atoms with van der Waals surface area (Å²) < 4.78 is 5.20. The van der Waals surface area contributed by atoms with Gasteiger partial charge in [-0.1, -0.05) is 0 Å². The van der Waals surface area contributed by atoms with Crippen LogP contribution in [0, 0.1) is 0 Å². The van der Waals surface area contributed by atoms with Crippen LogP contribution in [0.2, 0.25) is 0 Å². The Hall–Kier alpha value is -1.81. The molecule has 0 aliphatic carbocycles. The van der Waals surface area contributed by atoms with E-state index in [1.54, 1.807) is 36.7 Å². The molecule has 0 fully saturated rings. The van der Waals surface area contributed by atoms with Crippen LogP contribution >= 0.6 is 11.6 Å². The van der Waals surface area contributed by atoms with Gasteiger partial charge in [0.25, 0.3) is 5.91 Å². The Bertz CT molecular complexity index is 482. The van der Waals surface area contributed by atoms with Gasteiger partial charge in [-0.25, -0.2) is 0 Å². The molecule has 0 saturated heterocycles. The van der Waals surface area contributed by atoms with Crippen LogP contribution < -0.4 is 5.32 Å². The molecule has 2 rings (SSSR count). The predicted molar refractivity (Wildman–Crippen MR) is 60.5 cm³/mol. The SMILES string of the molecule is O=C(Nc1cccnc1)c1ccc(CCl)o1. The first kappa shape index (κ1) is 10.7. The molecule has 0 aromatic carbocycles. The normalized spacial score (nSPS) is 10.1. The minimum absolute atomic E-state index is 0.236. The molecule has 0 aliphatic heterocycles. The van der Waals surface area contributed by atoms with Crippen LogP contribution in [0.5, 0.6) is 0 Å². The van der Waals surface area contributed by atoms with Crippen molar-refractivity contribution in [2.45, 2.75) is 5.88 Å². The largest absolute Gasteiger partial charge is 0.455 e. The van der Waals surface area contributed by atoms with Crippen molar-refractivity contribution in [2.24, 2.45) is 0 Å². The van der Waals surface area contributed by atoms with Crippen molar-refractivity contribution < 1.29 is 9.21 Å². The number of carbonyl (C=O) groups is 1. The minimum atomic E-state index is -0.315. The van der Waals surface area contributed by atoms with Gasteiger partial charge in [0, 0.05) is 6.20 Å². The van der Waals surface area contributed by atoms with E-state index in [0.717, 1.165) is 0 Å². The topological polar surface area (TPSA) is 55.1 Å². The first-order chi connectivity index (χ1) is 7.79. The Labute approximate surface area is 97.2 Å². The lowest BCUT2D eigenvalue weighted by atomic mass is 10.3. The minimum Gasteiger partial charge on any atom is -0.455 e. The maximum atomic E-state index is 11.7. The van der Waals surface area contributed by atoms with E-state index in [2.05, 4.69) is 10.3 Å². The lowest BCUT2D eigenvalue weighted by Crippen LogP contribution is -2.10. The summed E-state index contributed by atoms with van der Waals surface area (Å²) in [5, 5.41) is 2.66. The summed E-state index contributed by atoms with van der Waals surface area (Å²) in [6.07, 6.45) is 3.19. The Morgan fingerprint density at radius 1 is 1.44 bits per heavy atom. The van der Waals surface area contributed by atoms with Gasteiger partial charge in [0.05, 0.1) is 17.8 Å². The number of rotatable bonds is 3. The molecule has 0 radical (unpaired) electrons. The van der Waals surface area contributed by atoms with Crippen molar-refractivity contribution in [3.05, 3.63) is 48.2 Å². The predicted octanol–water partition coefficient (Wildman–Crippen LogP) is 2.67. The zero-order chi connectivity index (χ0) is 11.4. The van der Waals surface area contributed by atoms with E-state index in [0.29, 0.717) is 11.4 Å². The van der Waals surface area contributed by atoms with Crippen LogP contribution in [0.1, 0.15) is 16.3 Å². The quantitative estimate of drug-likeness (QED) is 0.834. The number of carbonyl (C=O) groups excluding carboxylic acids is 1. The van der Waals surface area contributed by atoms with Gasteiger partial charge in [-0.3, -0.25) is 9.78 Å². The van der Waals surface area contributed by atoms with Crippen LogP contribution in [0.4, 0.5) is 5.69 Å². The summed E-state index contributed by atoms with van der Waals surface area (Å²) in [4.78, 5) is 15.6.